The number of Topliss-reactive ketones (excluding diaryl/α,β-unsaturated/α-hetero) is 1. The average Bonchev–Trinajstić information content (AvgIpc) is 3.33. The fourth-order valence-corrected chi connectivity index (χ4v) is 4.60. The Morgan fingerprint density at radius 3 is 2.97 bits per heavy atom. The van der Waals surface area contributed by atoms with Gasteiger partial charge in [-0.3, -0.25) is 4.79 Å². The molecule has 1 aromatic carbocycles. The Morgan fingerprint density at radius 1 is 1.40 bits per heavy atom. The highest BCUT2D eigenvalue weighted by Crippen LogP contribution is 2.28. The number of carbonyl (C=O) groups is 1. The van der Waals surface area contributed by atoms with Crippen molar-refractivity contribution in [3.63, 3.8) is 0 Å². The maximum Gasteiger partial charge on any atom is 0.188 e. The molecule has 4 rings (SSSR count). The summed E-state index contributed by atoms with van der Waals surface area (Å²) < 4.78 is 7.73. The van der Waals surface area contributed by atoms with Gasteiger partial charge in [0.05, 0.1) is 12.4 Å². The van der Waals surface area contributed by atoms with Gasteiger partial charge >= 0.3 is 0 Å². The summed E-state index contributed by atoms with van der Waals surface area (Å²) in [6.07, 6.45) is 2.92. The number of carbonyl (C=O) groups excluding carboxylic acids is 1. The first-order valence-corrected chi connectivity index (χ1v) is 11.1. The lowest BCUT2D eigenvalue weighted by atomic mass is 10.0. The van der Waals surface area contributed by atoms with E-state index in [0.717, 1.165) is 36.5 Å². The third-order valence-corrected chi connectivity index (χ3v) is 6.49. The van der Waals surface area contributed by atoms with Gasteiger partial charge in [-0.2, -0.15) is 0 Å². The number of nitrogens with one attached hydrogen (secondary N) is 1. The topological polar surface area (TPSA) is 71.0 Å². The average molecular weight is 443 g/mol. The largest absolute Gasteiger partial charge is 0.356 e. The highest BCUT2D eigenvalue weighted by molar-refractivity contribution is 7.17. The normalized spacial score (nSPS) is 16.6. The van der Waals surface area contributed by atoms with Crippen LogP contribution in [0, 0.1) is 19.8 Å². The minimum absolute atomic E-state index is 0.0566. The summed E-state index contributed by atoms with van der Waals surface area (Å²) in [5, 5.41) is 4.26. The van der Waals surface area contributed by atoms with Gasteiger partial charge in [-0.05, 0) is 43.4 Å². The molecular weight excluding hydrogens is 418 g/mol. The van der Waals surface area contributed by atoms with Crippen molar-refractivity contribution in [2.24, 2.45) is 5.92 Å². The summed E-state index contributed by atoms with van der Waals surface area (Å²) in [6, 6.07) is 5.54. The van der Waals surface area contributed by atoms with Gasteiger partial charge in [0, 0.05) is 30.6 Å². The van der Waals surface area contributed by atoms with Crippen LogP contribution < -0.4 is 10.2 Å². The van der Waals surface area contributed by atoms with E-state index in [4.69, 9.17) is 13.0 Å². The number of hydrogen-bond acceptors (Lipinski definition) is 7. The fourth-order valence-electron chi connectivity index (χ4n) is 3.57. The van der Waals surface area contributed by atoms with Crippen molar-refractivity contribution >= 4 is 45.5 Å². The number of rotatable bonds is 6. The second-order valence-corrected chi connectivity index (χ2v) is 9.16. The van der Waals surface area contributed by atoms with Gasteiger partial charge in [0.1, 0.15) is 17.5 Å². The van der Waals surface area contributed by atoms with Gasteiger partial charge in [0.2, 0.25) is 0 Å². The lowest BCUT2D eigenvalue weighted by Gasteiger charge is -2.18. The summed E-state index contributed by atoms with van der Waals surface area (Å²) in [7, 11) is 0. The molecule has 0 bridgehead atoms. The van der Waals surface area contributed by atoms with Crippen molar-refractivity contribution < 1.29 is 6.17 Å². The number of aromatic nitrogens is 3. The second-order valence-electron chi connectivity index (χ2n) is 7.72. The van der Waals surface area contributed by atoms with Crippen LogP contribution in [0.15, 0.2) is 30.4 Å². The van der Waals surface area contributed by atoms with Crippen LogP contribution in [-0.4, -0.2) is 33.8 Å². The van der Waals surface area contributed by atoms with Gasteiger partial charge in [0.15, 0.2) is 10.9 Å². The standard InChI is InChI=1S/C22H24ClN5OS/c1-13-7-8-28(12-13)21-10-20(25-15(3)26-21)27-22-24-11-19(30-22)18(29)9-16-14(2)5-4-6-17(16)23/h4-6,10-11,13H,7-9,12H2,1-3H3,(H,24,25,26,27)/t13-/m1/s1/i4D. The van der Waals surface area contributed by atoms with Crippen LogP contribution in [0.2, 0.25) is 5.02 Å². The summed E-state index contributed by atoms with van der Waals surface area (Å²) in [5.74, 6) is 2.87. The molecule has 0 radical (unpaired) electrons. The zero-order valence-electron chi connectivity index (χ0n) is 18.2. The molecule has 2 aromatic heterocycles. The van der Waals surface area contributed by atoms with Crippen LogP contribution in [0.3, 0.4) is 0 Å². The first-order chi connectivity index (χ1) is 14.8. The minimum atomic E-state index is -0.0566. The van der Waals surface area contributed by atoms with Crippen LogP contribution in [0.1, 0.15) is 41.3 Å². The van der Waals surface area contributed by atoms with Gasteiger partial charge in [-0.15, -0.1) is 0 Å². The number of ketones is 1. The Hall–Kier alpha value is -2.51. The number of thiazole rings is 1. The molecule has 6 nitrogen and oxygen atoms in total. The Balaban J connectivity index is 1.48. The summed E-state index contributed by atoms with van der Waals surface area (Å²) in [5.41, 5.74) is 1.59. The Labute approximate surface area is 186 Å². The zero-order valence-corrected chi connectivity index (χ0v) is 18.8. The maximum atomic E-state index is 12.8. The SMILES string of the molecule is [2H]c1cc(C)c(CC(=O)c2cnc(Nc3cc(N4CC[C@@H](C)C4)nc(C)n3)s2)c(Cl)c1. The predicted octanol–water partition coefficient (Wildman–Crippen LogP) is 5.22. The van der Waals surface area contributed by atoms with E-state index in [-0.39, 0.29) is 12.2 Å². The molecule has 3 aromatic rings. The molecule has 156 valence electrons. The van der Waals surface area contributed by atoms with Crippen molar-refractivity contribution in [3.8, 4) is 0 Å². The monoisotopic (exact) mass is 442 g/mol. The molecule has 1 atom stereocenters. The van der Waals surface area contributed by atoms with E-state index in [2.05, 4.69) is 32.1 Å². The number of benzene rings is 1. The van der Waals surface area contributed by atoms with Crippen molar-refractivity contribution in [2.75, 3.05) is 23.3 Å². The van der Waals surface area contributed by atoms with Crippen LogP contribution >= 0.6 is 22.9 Å². The van der Waals surface area contributed by atoms with Crippen molar-refractivity contribution in [1.29, 1.82) is 0 Å². The quantitative estimate of drug-likeness (QED) is 0.528. The molecule has 0 amide bonds. The van der Waals surface area contributed by atoms with Gasteiger partial charge in [0.25, 0.3) is 0 Å². The zero-order chi connectivity index (χ0) is 22.1. The Morgan fingerprint density at radius 2 is 2.23 bits per heavy atom. The van der Waals surface area contributed by atoms with Gasteiger partial charge < -0.3 is 10.2 Å². The molecule has 0 spiro atoms. The van der Waals surface area contributed by atoms with Gasteiger partial charge in [-0.1, -0.05) is 42.0 Å². The van der Waals surface area contributed by atoms with Crippen molar-refractivity contribution in [2.45, 2.75) is 33.6 Å². The van der Waals surface area contributed by atoms with E-state index in [1.807, 2.05) is 19.9 Å². The number of nitrogens with zero attached hydrogens (tertiary/aromatic N) is 4. The third-order valence-electron chi connectivity index (χ3n) is 5.20. The molecule has 1 aliphatic heterocycles. The molecule has 1 aliphatic rings. The molecule has 1 fully saturated rings. The number of aryl methyl sites for hydroxylation is 2. The van der Waals surface area contributed by atoms with E-state index < -0.39 is 0 Å². The van der Waals surface area contributed by atoms with E-state index in [0.29, 0.717) is 38.6 Å². The number of anilines is 3. The highest BCUT2D eigenvalue weighted by atomic mass is 35.5. The lowest BCUT2D eigenvalue weighted by Crippen LogP contribution is -2.21. The first kappa shape index (κ1) is 19.5. The van der Waals surface area contributed by atoms with E-state index in [9.17, 15) is 4.79 Å². The lowest BCUT2D eigenvalue weighted by molar-refractivity contribution is 0.0996. The minimum Gasteiger partial charge on any atom is -0.356 e. The molecule has 3 heterocycles. The molecule has 8 heteroatoms. The summed E-state index contributed by atoms with van der Waals surface area (Å²) >= 11 is 7.54. The first-order valence-electron chi connectivity index (χ1n) is 10.4. The van der Waals surface area contributed by atoms with Gasteiger partial charge in [-0.25, -0.2) is 15.0 Å². The molecule has 0 saturated carbocycles. The van der Waals surface area contributed by atoms with E-state index >= 15 is 0 Å². The molecule has 0 unspecified atom stereocenters. The predicted molar refractivity (Wildman–Crippen MR) is 122 cm³/mol. The van der Waals surface area contributed by atoms with Crippen molar-refractivity contribution in [1.82, 2.24) is 15.0 Å². The van der Waals surface area contributed by atoms with Crippen LogP contribution in [0.25, 0.3) is 0 Å². The molecule has 1 N–H and O–H groups in total. The Bertz CT molecular complexity index is 1110. The molecular formula is C22H24ClN5OS. The maximum absolute atomic E-state index is 12.8. The van der Waals surface area contributed by atoms with Crippen LogP contribution in [0.4, 0.5) is 16.8 Å². The number of hydrogen-bond donors (Lipinski definition) is 1. The van der Waals surface area contributed by atoms with Crippen molar-refractivity contribution in [3.05, 3.63) is 57.3 Å². The smallest absolute Gasteiger partial charge is 0.188 e. The third kappa shape index (κ3) is 4.63. The number of halogens is 1. The molecule has 0 aliphatic carbocycles. The van der Waals surface area contributed by atoms with Crippen LogP contribution in [-0.2, 0) is 6.42 Å². The van der Waals surface area contributed by atoms with Crippen LogP contribution in [0.5, 0.6) is 0 Å². The fraction of sp³-hybridized carbons (Fsp3) is 0.364. The summed E-state index contributed by atoms with van der Waals surface area (Å²) in [4.78, 5) is 29.0. The van der Waals surface area contributed by atoms with E-state index in [1.165, 1.54) is 11.3 Å². The van der Waals surface area contributed by atoms with E-state index in [1.54, 1.807) is 18.3 Å². The highest BCUT2D eigenvalue weighted by Gasteiger charge is 2.21. The summed E-state index contributed by atoms with van der Waals surface area (Å²) in [6.45, 7) is 7.98. The molecule has 1 saturated heterocycles. The second kappa shape index (κ2) is 8.70. The Kier molecular flexibility index (Phi) is 5.64. The molecule has 30 heavy (non-hydrogen) atoms.